The molecule has 0 saturated carbocycles. The number of carbonyl (C=O) groups excluding carboxylic acids is 1. The van der Waals surface area contributed by atoms with Gasteiger partial charge in [-0.15, -0.1) is 0 Å². The van der Waals surface area contributed by atoms with Crippen LogP contribution in [0.3, 0.4) is 0 Å². The van der Waals surface area contributed by atoms with Crippen molar-refractivity contribution in [2.24, 2.45) is 0 Å². The number of nitrogens with zero attached hydrogens (tertiary/aromatic N) is 2. The lowest BCUT2D eigenvalue weighted by Gasteiger charge is -2.37. The van der Waals surface area contributed by atoms with Gasteiger partial charge in [0, 0.05) is 38.3 Å². The maximum absolute atomic E-state index is 11.6. The van der Waals surface area contributed by atoms with E-state index in [0.29, 0.717) is 13.2 Å². The first-order valence-corrected chi connectivity index (χ1v) is 10.0. The maximum Gasteiger partial charge on any atom is 0.140 e. The standard InChI is InChI=1S/C23H30N2O3/c1-3-27-23-11-7-5-9-20(23)16-24-12-14-25(15-13-24)21(17-26)18-28-22-10-6-4-8-19(22)2/h4-11,17,21H,3,12-16,18H2,1-2H3. The summed E-state index contributed by atoms with van der Waals surface area (Å²) < 4.78 is 11.6. The Balaban J connectivity index is 1.51. The van der Waals surface area contributed by atoms with Crippen LogP contribution in [0.4, 0.5) is 0 Å². The van der Waals surface area contributed by atoms with E-state index in [4.69, 9.17) is 9.47 Å². The third-order valence-electron chi connectivity index (χ3n) is 5.20. The van der Waals surface area contributed by atoms with Gasteiger partial charge >= 0.3 is 0 Å². The predicted octanol–water partition coefficient (Wildman–Crippen LogP) is 3.16. The van der Waals surface area contributed by atoms with Crippen LogP contribution in [0.1, 0.15) is 18.1 Å². The van der Waals surface area contributed by atoms with E-state index < -0.39 is 0 Å². The summed E-state index contributed by atoms with van der Waals surface area (Å²) in [6.45, 7) is 9.53. The fourth-order valence-electron chi connectivity index (χ4n) is 3.55. The maximum atomic E-state index is 11.6. The summed E-state index contributed by atoms with van der Waals surface area (Å²) in [7, 11) is 0. The summed E-state index contributed by atoms with van der Waals surface area (Å²) in [6, 6.07) is 15.9. The molecule has 1 heterocycles. The van der Waals surface area contributed by atoms with Crippen LogP contribution in [0.2, 0.25) is 0 Å². The second-order valence-corrected chi connectivity index (χ2v) is 7.13. The monoisotopic (exact) mass is 382 g/mol. The second-order valence-electron chi connectivity index (χ2n) is 7.13. The van der Waals surface area contributed by atoms with Crippen LogP contribution in [-0.2, 0) is 11.3 Å². The molecule has 0 spiro atoms. The Morgan fingerprint density at radius 2 is 1.64 bits per heavy atom. The zero-order valence-electron chi connectivity index (χ0n) is 16.8. The van der Waals surface area contributed by atoms with Gasteiger partial charge < -0.3 is 14.3 Å². The molecule has 0 N–H and O–H groups in total. The van der Waals surface area contributed by atoms with Crippen LogP contribution in [0, 0.1) is 6.92 Å². The Labute approximate surface area is 167 Å². The van der Waals surface area contributed by atoms with E-state index in [-0.39, 0.29) is 6.04 Å². The van der Waals surface area contributed by atoms with Crippen LogP contribution >= 0.6 is 0 Å². The molecule has 1 aliphatic heterocycles. The number of ether oxygens (including phenoxy) is 2. The molecule has 3 rings (SSSR count). The average Bonchev–Trinajstić information content (AvgIpc) is 2.72. The number of piperazine rings is 1. The number of benzene rings is 2. The Hall–Kier alpha value is -2.37. The van der Waals surface area contributed by atoms with Gasteiger partial charge in [-0.25, -0.2) is 0 Å². The highest BCUT2D eigenvalue weighted by molar-refractivity contribution is 5.58. The Bertz CT molecular complexity index is 757. The molecule has 2 aromatic carbocycles. The average molecular weight is 383 g/mol. The minimum Gasteiger partial charge on any atom is -0.494 e. The minimum atomic E-state index is -0.211. The van der Waals surface area contributed by atoms with E-state index in [2.05, 4.69) is 21.9 Å². The summed E-state index contributed by atoms with van der Waals surface area (Å²) in [4.78, 5) is 16.3. The topological polar surface area (TPSA) is 42.0 Å². The van der Waals surface area contributed by atoms with E-state index in [1.165, 1.54) is 5.56 Å². The van der Waals surface area contributed by atoms with Gasteiger partial charge in [0.15, 0.2) is 0 Å². The van der Waals surface area contributed by atoms with Crippen LogP contribution in [0.5, 0.6) is 11.5 Å². The molecular weight excluding hydrogens is 352 g/mol. The third-order valence-corrected chi connectivity index (χ3v) is 5.20. The van der Waals surface area contributed by atoms with Crippen molar-refractivity contribution in [1.82, 2.24) is 9.80 Å². The number of para-hydroxylation sites is 2. The predicted molar refractivity (Wildman–Crippen MR) is 111 cm³/mol. The number of carbonyl (C=O) groups is 1. The van der Waals surface area contributed by atoms with Crippen molar-refractivity contribution in [1.29, 1.82) is 0 Å². The van der Waals surface area contributed by atoms with Gasteiger partial charge in [0.1, 0.15) is 30.4 Å². The van der Waals surface area contributed by atoms with Crippen LogP contribution in [0.25, 0.3) is 0 Å². The van der Waals surface area contributed by atoms with Crippen molar-refractivity contribution in [2.45, 2.75) is 26.4 Å². The molecule has 1 fully saturated rings. The van der Waals surface area contributed by atoms with Crippen molar-refractivity contribution < 1.29 is 14.3 Å². The molecule has 2 aromatic rings. The van der Waals surface area contributed by atoms with E-state index in [1.807, 2.05) is 50.2 Å². The Morgan fingerprint density at radius 3 is 2.32 bits per heavy atom. The van der Waals surface area contributed by atoms with Crippen LogP contribution < -0.4 is 9.47 Å². The van der Waals surface area contributed by atoms with E-state index >= 15 is 0 Å². The fraction of sp³-hybridized carbons (Fsp3) is 0.435. The number of hydrogen-bond donors (Lipinski definition) is 0. The largest absolute Gasteiger partial charge is 0.494 e. The van der Waals surface area contributed by atoms with Crippen molar-refractivity contribution in [3.05, 3.63) is 59.7 Å². The summed E-state index contributed by atoms with van der Waals surface area (Å²) in [6.07, 6.45) is 1.01. The summed E-state index contributed by atoms with van der Waals surface area (Å²) >= 11 is 0. The molecule has 28 heavy (non-hydrogen) atoms. The fourth-order valence-corrected chi connectivity index (χ4v) is 3.55. The first-order valence-electron chi connectivity index (χ1n) is 10.0. The lowest BCUT2D eigenvalue weighted by molar-refractivity contribution is -0.114. The van der Waals surface area contributed by atoms with Gasteiger partial charge in [0.05, 0.1) is 6.61 Å². The van der Waals surface area contributed by atoms with Crippen molar-refractivity contribution in [2.75, 3.05) is 39.4 Å². The molecule has 0 aliphatic carbocycles. The number of hydrogen-bond acceptors (Lipinski definition) is 5. The molecule has 1 saturated heterocycles. The van der Waals surface area contributed by atoms with E-state index in [0.717, 1.165) is 56.1 Å². The summed E-state index contributed by atoms with van der Waals surface area (Å²) in [5, 5.41) is 0. The molecule has 0 aromatic heterocycles. The number of rotatable bonds is 9. The SMILES string of the molecule is CCOc1ccccc1CN1CCN(C(C=O)COc2ccccc2C)CC1. The van der Waals surface area contributed by atoms with Crippen molar-refractivity contribution in [3.63, 3.8) is 0 Å². The van der Waals surface area contributed by atoms with Crippen LogP contribution in [-0.4, -0.2) is 61.5 Å². The molecule has 0 amide bonds. The molecule has 0 radical (unpaired) electrons. The highest BCUT2D eigenvalue weighted by Gasteiger charge is 2.24. The summed E-state index contributed by atoms with van der Waals surface area (Å²) in [5.41, 5.74) is 2.30. The molecule has 150 valence electrons. The van der Waals surface area contributed by atoms with Gasteiger partial charge in [-0.1, -0.05) is 36.4 Å². The van der Waals surface area contributed by atoms with Gasteiger partial charge in [-0.05, 0) is 31.5 Å². The van der Waals surface area contributed by atoms with Gasteiger partial charge in [0.2, 0.25) is 0 Å². The third kappa shape index (κ3) is 5.33. The second kappa shape index (κ2) is 10.2. The lowest BCUT2D eigenvalue weighted by Crippen LogP contribution is -2.52. The highest BCUT2D eigenvalue weighted by atomic mass is 16.5. The highest BCUT2D eigenvalue weighted by Crippen LogP contribution is 2.21. The zero-order valence-corrected chi connectivity index (χ0v) is 16.8. The molecule has 1 atom stereocenters. The zero-order chi connectivity index (χ0) is 19.8. The molecular formula is C23H30N2O3. The van der Waals surface area contributed by atoms with Gasteiger partial charge in [-0.2, -0.15) is 0 Å². The first kappa shape index (κ1) is 20.4. The van der Waals surface area contributed by atoms with Crippen molar-refractivity contribution in [3.8, 4) is 11.5 Å². The molecule has 5 nitrogen and oxygen atoms in total. The smallest absolute Gasteiger partial charge is 0.140 e. The van der Waals surface area contributed by atoms with E-state index in [9.17, 15) is 4.79 Å². The normalized spacial score (nSPS) is 16.5. The van der Waals surface area contributed by atoms with Crippen LogP contribution in [0.15, 0.2) is 48.5 Å². The quantitative estimate of drug-likeness (QED) is 0.623. The van der Waals surface area contributed by atoms with Crippen molar-refractivity contribution >= 4 is 6.29 Å². The molecule has 5 heteroatoms. The first-order chi connectivity index (χ1) is 13.7. The van der Waals surface area contributed by atoms with E-state index in [1.54, 1.807) is 0 Å². The number of aryl methyl sites for hydroxylation is 1. The Morgan fingerprint density at radius 1 is 0.964 bits per heavy atom. The Kier molecular flexibility index (Phi) is 7.46. The van der Waals surface area contributed by atoms with Gasteiger partial charge in [-0.3, -0.25) is 9.80 Å². The molecule has 1 aliphatic rings. The van der Waals surface area contributed by atoms with Gasteiger partial charge in [0.25, 0.3) is 0 Å². The molecule has 0 bridgehead atoms. The number of aldehydes is 1. The molecule has 1 unspecified atom stereocenters. The minimum absolute atomic E-state index is 0.211. The lowest BCUT2D eigenvalue weighted by atomic mass is 10.1. The summed E-state index contributed by atoms with van der Waals surface area (Å²) in [5.74, 6) is 1.81.